The Morgan fingerprint density at radius 2 is 1.17 bits per heavy atom. The van der Waals surface area contributed by atoms with Crippen molar-refractivity contribution in [1.29, 1.82) is 0 Å². The first-order valence-corrected chi connectivity index (χ1v) is 6.21. The van der Waals surface area contributed by atoms with Gasteiger partial charge in [-0.1, -0.05) is 35.4 Å². The van der Waals surface area contributed by atoms with Crippen LogP contribution < -0.4 is 0 Å². The lowest BCUT2D eigenvalue weighted by molar-refractivity contribution is 0.397. The molecule has 0 bridgehead atoms. The Bertz CT molecular complexity index is 429. The van der Waals surface area contributed by atoms with E-state index in [1.165, 1.54) is 11.1 Å². The number of aromatic hydroxyl groups is 2. The molecule has 1 aromatic carbocycles. The third-order valence-electron chi connectivity index (χ3n) is 2.78. The quantitative estimate of drug-likeness (QED) is 0.620. The van der Waals surface area contributed by atoms with Gasteiger partial charge in [-0.3, -0.25) is 0 Å². The molecule has 1 rings (SSSR count). The van der Waals surface area contributed by atoms with Crippen molar-refractivity contribution < 1.29 is 10.2 Å². The molecule has 0 amide bonds. The van der Waals surface area contributed by atoms with E-state index >= 15 is 0 Å². The van der Waals surface area contributed by atoms with E-state index in [-0.39, 0.29) is 11.5 Å². The molecule has 0 unspecified atom stereocenters. The van der Waals surface area contributed by atoms with Gasteiger partial charge in [0.25, 0.3) is 0 Å². The van der Waals surface area contributed by atoms with Crippen LogP contribution in [-0.2, 0) is 12.8 Å². The fourth-order valence-electron chi connectivity index (χ4n) is 1.62. The van der Waals surface area contributed by atoms with Crippen LogP contribution in [0.15, 0.2) is 35.4 Å². The molecule has 0 atom stereocenters. The number of hydrogen-bond donors (Lipinski definition) is 2. The number of phenols is 2. The SMILES string of the molecule is CC(C)=CCc1ccc(CC=C(C)C)c(O)c1O. The summed E-state index contributed by atoms with van der Waals surface area (Å²) in [5.41, 5.74) is 3.91. The average molecular weight is 246 g/mol. The summed E-state index contributed by atoms with van der Waals surface area (Å²) >= 11 is 0. The summed E-state index contributed by atoms with van der Waals surface area (Å²) < 4.78 is 0. The fourth-order valence-corrected chi connectivity index (χ4v) is 1.62. The number of hydrogen-bond acceptors (Lipinski definition) is 2. The lowest BCUT2D eigenvalue weighted by atomic mass is 10.0. The maximum Gasteiger partial charge on any atom is 0.161 e. The summed E-state index contributed by atoms with van der Waals surface area (Å²) in [6, 6.07) is 3.76. The first kappa shape index (κ1) is 14.4. The Kier molecular flexibility index (Phi) is 5.02. The molecule has 98 valence electrons. The first-order valence-electron chi connectivity index (χ1n) is 6.21. The van der Waals surface area contributed by atoms with Crippen LogP contribution >= 0.6 is 0 Å². The Hall–Kier alpha value is -1.70. The summed E-state index contributed by atoms with van der Waals surface area (Å²) in [5, 5.41) is 19.9. The normalized spacial score (nSPS) is 10.0. The Morgan fingerprint density at radius 3 is 1.44 bits per heavy atom. The van der Waals surface area contributed by atoms with Gasteiger partial charge in [-0.2, -0.15) is 0 Å². The first-order chi connectivity index (χ1) is 8.41. The van der Waals surface area contributed by atoms with Gasteiger partial charge in [-0.25, -0.2) is 0 Å². The van der Waals surface area contributed by atoms with E-state index in [9.17, 15) is 10.2 Å². The van der Waals surface area contributed by atoms with Crippen molar-refractivity contribution in [3.8, 4) is 11.5 Å². The van der Waals surface area contributed by atoms with Crippen LogP contribution in [0.1, 0.15) is 38.8 Å². The summed E-state index contributed by atoms with van der Waals surface area (Å²) in [5.74, 6) is 0.0133. The molecule has 2 N–H and O–H groups in total. The molecule has 0 saturated heterocycles. The van der Waals surface area contributed by atoms with Gasteiger partial charge in [0.15, 0.2) is 11.5 Å². The zero-order chi connectivity index (χ0) is 13.7. The van der Waals surface area contributed by atoms with Crippen LogP contribution in [0.5, 0.6) is 11.5 Å². The second-order valence-electron chi connectivity index (χ2n) is 5.05. The molecule has 1 aromatic rings. The van der Waals surface area contributed by atoms with Crippen LogP contribution in [0, 0.1) is 0 Å². The topological polar surface area (TPSA) is 40.5 Å². The largest absolute Gasteiger partial charge is 0.504 e. The second-order valence-corrected chi connectivity index (χ2v) is 5.05. The molecule has 0 aliphatic heterocycles. The number of allylic oxidation sites excluding steroid dienone is 4. The summed E-state index contributed by atoms with van der Waals surface area (Å²) in [4.78, 5) is 0. The van der Waals surface area contributed by atoms with Gasteiger partial charge in [0.05, 0.1) is 0 Å². The van der Waals surface area contributed by atoms with Crippen molar-refractivity contribution >= 4 is 0 Å². The van der Waals surface area contributed by atoms with Gasteiger partial charge < -0.3 is 10.2 Å². The maximum absolute atomic E-state index is 9.96. The summed E-state index contributed by atoms with van der Waals surface area (Å²) in [6.07, 6.45) is 5.35. The van der Waals surface area contributed by atoms with Crippen LogP contribution in [0.2, 0.25) is 0 Å². The Balaban J connectivity index is 2.98. The molecule has 0 aliphatic carbocycles. The predicted octanol–water partition coefficient (Wildman–Crippen LogP) is 4.12. The smallest absolute Gasteiger partial charge is 0.161 e. The van der Waals surface area contributed by atoms with E-state index < -0.39 is 0 Å². The lowest BCUT2D eigenvalue weighted by Crippen LogP contribution is -1.89. The maximum atomic E-state index is 9.96. The van der Waals surface area contributed by atoms with Gasteiger partial charge in [-0.05, 0) is 40.5 Å². The highest BCUT2D eigenvalue weighted by atomic mass is 16.3. The highest BCUT2D eigenvalue weighted by molar-refractivity contribution is 5.51. The highest BCUT2D eigenvalue weighted by Crippen LogP contribution is 2.33. The minimum absolute atomic E-state index is 0.00663. The second kappa shape index (κ2) is 6.29. The Morgan fingerprint density at radius 1 is 0.833 bits per heavy atom. The highest BCUT2D eigenvalue weighted by Gasteiger charge is 2.09. The molecule has 0 radical (unpaired) electrons. The van der Waals surface area contributed by atoms with E-state index in [2.05, 4.69) is 0 Å². The molecule has 0 aromatic heterocycles. The van der Waals surface area contributed by atoms with Gasteiger partial charge in [-0.15, -0.1) is 0 Å². The fraction of sp³-hybridized carbons (Fsp3) is 0.375. The number of rotatable bonds is 4. The summed E-state index contributed by atoms with van der Waals surface area (Å²) in [7, 11) is 0. The molecule has 0 heterocycles. The van der Waals surface area contributed by atoms with Crippen LogP contribution in [0.3, 0.4) is 0 Å². The van der Waals surface area contributed by atoms with Crippen molar-refractivity contribution in [1.82, 2.24) is 0 Å². The molecule has 0 saturated carbocycles. The lowest BCUT2D eigenvalue weighted by Gasteiger charge is -2.08. The van der Waals surface area contributed by atoms with Crippen molar-refractivity contribution in [2.75, 3.05) is 0 Å². The molecule has 0 aliphatic rings. The molecular formula is C16H22O2. The average Bonchev–Trinajstić information content (AvgIpc) is 2.29. The summed E-state index contributed by atoms with van der Waals surface area (Å²) in [6.45, 7) is 8.06. The van der Waals surface area contributed by atoms with Crippen LogP contribution in [0.4, 0.5) is 0 Å². The van der Waals surface area contributed by atoms with E-state index in [1.54, 1.807) is 0 Å². The van der Waals surface area contributed by atoms with Gasteiger partial charge >= 0.3 is 0 Å². The minimum atomic E-state index is 0.00663. The van der Waals surface area contributed by atoms with Crippen molar-refractivity contribution in [3.05, 3.63) is 46.6 Å². The predicted molar refractivity (Wildman–Crippen MR) is 76.0 cm³/mol. The van der Waals surface area contributed by atoms with E-state index in [1.807, 2.05) is 52.0 Å². The van der Waals surface area contributed by atoms with Crippen molar-refractivity contribution in [3.63, 3.8) is 0 Å². The molecule has 0 fully saturated rings. The van der Waals surface area contributed by atoms with E-state index in [4.69, 9.17) is 0 Å². The molecule has 2 nitrogen and oxygen atoms in total. The van der Waals surface area contributed by atoms with Crippen molar-refractivity contribution in [2.24, 2.45) is 0 Å². The third kappa shape index (κ3) is 3.95. The van der Waals surface area contributed by atoms with E-state index in [0.29, 0.717) is 12.8 Å². The number of benzene rings is 1. The monoisotopic (exact) mass is 246 g/mol. The van der Waals surface area contributed by atoms with Crippen molar-refractivity contribution in [2.45, 2.75) is 40.5 Å². The van der Waals surface area contributed by atoms with Gasteiger partial charge in [0.2, 0.25) is 0 Å². The molecular weight excluding hydrogens is 224 g/mol. The van der Waals surface area contributed by atoms with Gasteiger partial charge in [0, 0.05) is 11.1 Å². The standard InChI is InChI=1S/C16H22O2/c1-11(2)5-7-13-9-10-14(8-6-12(3)4)16(18)15(13)17/h5-6,9-10,17-18H,7-8H2,1-4H3. The zero-order valence-corrected chi connectivity index (χ0v) is 11.6. The zero-order valence-electron chi connectivity index (χ0n) is 11.6. The minimum Gasteiger partial charge on any atom is -0.504 e. The number of phenolic OH excluding ortho intramolecular Hbond substituents is 2. The van der Waals surface area contributed by atoms with Gasteiger partial charge in [0.1, 0.15) is 0 Å². The van der Waals surface area contributed by atoms with Crippen LogP contribution in [0.25, 0.3) is 0 Å². The molecule has 18 heavy (non-hydrogen) atoms. The molecule has 0 spiro atoms. The van der Waals surface area contributed by atoms with E-state index in [0.717, 1.165) is 11.1 Å². The Labute approximate surface area is 109 Å². The van der Waals surface area contributed by atoms with Crippen LogP contribution in [-0.4, -0.2) is 10.2 Å². The molecule has 2 heteroatoms. The third-order valence-corrected chi connectivity index (χ3v) is 2.78.